The number of aromatic amines is 1. The first-order chi connectivity index (χ1) is 8.19. The average Bonchev–Trinajstić information content (AvgIpc) is 2.75. The molecule has 6 heteroatoms. The number of methoxy groups -OCH3 is 1. The SMILES string of the molecule is COC(=O)C(CN)c1c[nH]c2cccc(Cl)c12.Cl. The largest absolute Gasteiger partial charge is 0.469 e. The van der Waals surface area contributed by atoms with Gasteiger partial charge in [0, 0.05) is 23.6 Å². The van der Waals surface area contributed by atoms with Gasteiger partial charge in [-0.3, -0.25) is 4.79 Å². The molecule has 4 nitrogen and oxygen atoms in total. The Kier molecular flexibility index (Phi) is 5.02. The van der Waals surface area contributed by atoms with Crippen LogP contribution in [0.4, 0.5) is 0 Å². The third kappa shape index (κ3) is 2.46. The van der Waals surface area contributed by atoms with Gasteiger partial charge in [0.25, 0.3) is 0 Å². The highest BCUT2D eigenvalue weighted by molar-refractivity contribution is 6.35. The molecule has 18 heavy (non-hydrogen) atoms. The fourth-order valence-corrected chi connectivity index (χ4v) is 2.22. The number of aromatic nitrogens is 1. The van der Waals surface area contributed by atoms with Crippen molar-refractivity contribution in [2.75, 3.05) is 13.7 Å². The van der Waals surface area contributed by atoms with E-state index in [9.17, 15) is 4.79 Å². The molecule has 98 valence electrons. The summed E-state index contributed by atoms with van der Waals surface area (Å²) in [5.74, 6) is -0.845. The van der Waals surface area contributed by atoms with E-state index < -0.39 is 5.92 Å². The standard InChI is InChI=1S/C12H13ClN2O2.ClH/c1-17-12(16)7(5-14)8-6-15-10-4-2-3-9(13)11(8)10;/h2-4,6-7,15H,5,14H2,1H3;1H. The van der Waals surface area contributed by atoms with Crippen molar-refractivity contribution in [3.8, 4) is 0 Å². The van der Waals surface area contributed by atoms with Crippen molar-refractivity contribution in [1.82, 2.24) is 4.98 Å². The number of carbonyl (C=O) groups excluding carboxylic acids is 1. The van der Waals surface area contributed by atoms with Gasteiger partial charge in [-0.05, 0) is 17.7 Å². The summed E-state index contributed by atoms with van der Waals surface area (Å²) in [6, 6.07) is 5.53. The summed E-state index contributed by atoms with van der Waals surface area (Å²) < 4.78 is 4.74. The zero-order chi connectivity index (χ0) is 12.4. The summed E-state index contributed by atoms with van der Waals surface area (Å²) in [6.07, 6.45) is 1.75. The fourth-order valence-electron chi connectivity index (χ4n) is 1.93. The van der Waals surface area contributed by atoms with E-state index in [1.165, 1.54) is 7.11 Å². The number of H-pyrrole nitrogens is 1. The number of halogens is 2. The molecule has 0 amide bonds. The van der Waals surface area contributed by atoms with Crippen molar-refractivity contribution in [3.63, 3.8) is 0 Å². The van der Waals surface area contributed by atoms with E-state index in [4.69, 9.17) is 22.1 Å². The average molecular weight is 289 g/mol. The second-order valence-electron chi connectivity index (χ2n) is 3.72. The van der Waals surface area contributed by atoms with Crippen molar-refractivity contribution in [1.29, 1.82) is 0 Å². The maximum atomic E-state index is 11.6. The van der Waals surface area contributed by atoms with Crippen molar-refractivity contribution < 1.29 is 9.53 Å². The van der Waals surface area contributed by atoms with Crippen molar-refractivity contribution >= 4 is 40.9 Å². The van der Waals surface area contributed by atoms with Crippen molar-refractivity contribution in [2.45, 2.75) is 5.92 Å². The zero-order valence-corrected chi connectivity index (χ0v) is 11.3. The van der Waals surface area contributed by atoms with Crippen LogP contribution in [0.5, 0.6) is 0 Å². The quantitative estimate of drug-likeness (QED) is 0.853. The Labute approximate surface area is 116 Å². The fraction of sp³-hybridized carbons (Fsp3) is 0.250. The summed E-state index contributed by atoms with van der Waals surface area (Å²) in [5, 5.41) is 1.43. The van der Waals surface area contributed by atoms with Gasteiger partial charge >= 0.3 is 5.97 Å². The smallest absolute Gasteiger partial charge is 0.314 e. The van der Waals surface area contributed by atoms with Gasteiger partial charge in [-0.2, -0.15) is 0 Å². The van der Waals surface area contributed by atoms with Crippen LogP contribution in [-0.4, -0.2) is 24.6 Å². The number of nitrogens with one attached hydrogen (secondary N) is 1. The molecule has 0 fully saturated rings. The van der Waals surface area contributed by atoms with Crippen LogP contribution in [-0.2, 0) is 9.53 Å². The molecule has 1 atom stereocenters. The molecule has 2 rings (SSSR count). The number of rotatable bonds is 3. The van der Waals surface area contributed by atoms with E-state index in [-0.39, 0.29) is 24.9 Å². The molecule has 2 aromatic rings. The Morgan fingerprint density at radius 3 is 2.89 bits per heavy atom. The normalized spacial score (nSPS) is 11.9. The number of hydrogen-bond donors (Lipinski definition) is 2. The number of nitrogens with two attached hydrogens (primary N) is 1. The molecule has 0 radical (unpaired) electrons. The minimum absolute atomic E-state index is 0. The maximum absolute atomic E-state index is 11.6. The van der Waals surface area contributed by atoms with Gasteiger partial charge in [0.15, 0.2) is 0 Å². The van der Waals surface area contributed by atoms with Crippen LogP contribution in [0.2, 0.25) is 5.02 Å². The van der Waals surface area contributed by atoms with Gasteiger partial charge in [-0.1, -0.05) is 17.7 Å². The minimum atomic E-state index is -0.492. The van der Waals surface area contributed by atoms with E-state index in [1.54, 1.807) is 12.3 Å². The van der Waals surface area contributed by atoms with Crippen LogP contribution in [0, 0.1) is 0 Å². The third-order valence-corrected chi connectivity index (χ3v) is 3.10. The number of esters is 1. The molecule has 1 aromatic heterocycles. The Morgan fingerprint density at radius 1 is 1.56 bits per heavy atom. The molecule has 0 bridgehead atoms. The first kappa shape index (κ1) is 14.8. The molecule has 1 unspecified atom stereocenters. The summed E-state index contributed by atoms with van der Waals surface area (Å²) in [4.78, 5) is 14.7. The predicted molar refractivity (Wildman–Crippen MR) is 74.4 cm³/mol. The zero-order valence-electron chi connectivity index (χ0n) is 9.77. The van der Waals surface area contributed by atoms with Gasteiger partial charge < -0.3 is 15.5 Å². The Morgan fingerprint density at radius 2 is 2.28 bits per heavy atom. The number of fused-ring (bicyclic) bond motifs is 1. The van der Waals surface area contributed by atoms with E-state index in [0.29, 0.717) is 5.02 Å². The second-order valence-corrected chi connectivity index (χ2v) is 4.13. The first-order valence-corrected chi connectivity index (χ1v) is 5.60. The van der Waals surface area contributed by atoms with Crippen LogP contribution in [0.1, 0.15) is 11.5 Å². The minimum Gasteiger partial charge on any atom is -0.469 e. The highest BCUT2D eigenvalue weighted by Crippen LogP contribution is 2.31. The number of ether oxygens (including phenoxy) is 1. The Balaban J connectivity index is 0.00000162. The van der Waals surface area contributed by atoms with E-state index >= 15 is 0 Å². The topological polar surface area (TPSA) is 68.1 Å². The van der Waals surface area contributed by atoms with Gasteiger partial charge in [-0.15, -0.1) is 12.4 Å². The molecule has 3 N–H and O–H groups in total. The van der Waals surface area contributed by atoms with Gasteiger partial charge in [0.1, 0.15) is 0 Å². The summed E-state index contributed by atoms with van der Waals surface area (Å²) >= 11 is 6.14. The molecule has 0 saturated carbocycles. The van der Waals surface area contributed by atoms with Crippen molar-refractivity contribution in [3.05, 3.63) is 35.0 Å². The molecule has 1 heterocycles. The Hall–Kier alpha value is -1.23. The molecule has 0 aliphatic rings. The Bertz CT molecular complexity index is 554. The predicted octanol–water partition coefficient (Wildman–Crippen LogP) is 2.46. The first-order valence-electron chi connectivity index (χ1n) is 5.22. The molecule has 0 saturated heterocycles. The number of benzene rings is 1. The molecule has 0 aliphatic carbocycles. The molecular formula is C12H14Cl2N2O2. The lowest BCUT2D eigenvalue weighted by molar-refractivity contribution is -0.142. The van der Waals surface area contributed by atoms with Gasteiger partial charge in [0.05, 0.1) is 18.1 Å². The highest BCUT2D eigenvalue weighted by atomic mass is 35.5. The third-order valence-electron chi connectivity index (χ3n) is 2.78. The number of carbonyl (C=O) groups is 1. The van der Waals surface area contributed by atoms with Crippen LogP contribution in [0.25, 0.3) is 10.9 Å². The molecule has 1 aromatic carbocycles. The van der Waals surface area contributed by atoms with Crippen LogP contribution < -0.4 is 5.73 Å². The highest BCUT2D eigenvalue weighted by Gasteiger charge is 2.23. The summed E-state index contributed by atoms with van der Waals surface area (Å²) in [6.45, 7) is 0.185. The van der Waals surface area contributed by atoms with E-state index in [1.807, 2.05) is 12.1 Å². The maximum Gasteiger partial charge on any atom is 0.314 e. The monoisotopic (exact) mass is 288 g/mol. The lowest BCUT2D eigenvalue weighted by Gasteiger charge is -2.11. The summed E-state index contributed by atoms with van der Waals surface area (Å²) in [5.41, 5.74) is 7.29. The van der Waals surface area contributed by atoms with Gasteiger partial charge in [0.2, 0.25) is 0 Å². The van der Waals surface area contributed by atoms with E-state index in [0.717, 1.165) is 16.5 Å². The molecular weight excluding hydrogens is 275 g/mol. The lowest BCUT2D eigenvalue weighted by atomic mass is 9.99. The van der Waals surface area contributed by atoms with Crippen LogP contribution in [0.3, 0.4) is 0 Å². The van der Waals surface area contributed by atoms with E-state index in [2.05, 4.69) is 4.98 Å². The van der Waals surface area contributed by atoms with Crippen molar-refractivity contribution in [2.24, 2.45) is 5.73 Å². The molecule has 0 spiro atoms. The number of hydrogen-bond acceptors (Lipinski definition) is 3. The molecule has 0 aliphatic heterocycles. The summed E-state index contributed by atoms with van der Waals surface area (Å²) in [7, 11) is 1.35. The van der Waals surface area contributed by atoms with Gasteiger partial charge in [-0.25, -0.2) is 0 Å². The lowest BCUT2D eigenvalue weighted by Crippen LogP contribution is -2.22. The van der Waals surface area contributed by atoms with Crippen LogP contribution >= 0.6 is 24.0 Å². The second kappa shape index (κ2) is 6.09. The van der Waals surface area contributed by atoms with Crippen LogP contribution in [0.15, 0.2) is 24.4 Å².